The number of nitrogens with zero attached hydrogens (tertiary/aromatic N) is 2. The van der Waals surface area contributed by atoms with Crippen LogP contribution in [0.3, 0.4) is 0 Å². The number of hydrogen-bond acceptors (Lipinski definition) is 4. The summed E-state index contributed by atoms with van der Waals surface area (Å²) in [5.74, 6) is 0.272. The average molecular weight is 365 g/mol. The van der Waals surface area contributed by atoms with Gasteiger partial charge in [-0.05, 0) is 57.0 Å². The molecule has 0 saturated carbocycles. The summed E-state index contributed by atoms with van der Waals surface area (Å²) in [7, 11) is -3.50. The number of carbonyl (C=O) groups excluding carboxylic acids is 1. The Kier molecular flexibility index (Phi) is 5.46. The average Bonchev–Trinajstić information content (AvgIpc) is 2.64. The van der Waals surface area contributed by atoms with Crippen molar-refractivity contribution in [1.29, 1.82) is 0 Å². The predicted octanol–water partition coefficient (Wildman–Crippen LogP) is 1.14. The summed E-state index contributed by atoms with van der Waals surface area (Å²) in [5.41, 5.74) is 1.70. The zero-order valence-electron chi connectivity index (χ0n) is 15.0. The summed E-state index contributed by atoms with van der Waals surface area (Å²) in [6.45, 7) is 7.19. The van der Waals surface area contributed by atoms with Gasteiger partial charge in [-0.3, -0.25) is 4.79 Å². The number of carbonyl (C=O) groups is 1. The van der Waals surface area contributed by atoms with Gasteiger partial charge in [0.15, 0.2) is 0 Å². The highest BCUT2D eigenvalue weighted by Gasteiger charge is 2.33. The number of nitrogens with one attached hydrogen (secondary N) is 1. The van der Waals surface area contributed by atoms with E-state index >= 15 is 0 Å². The number of benzene rings is 1. The summed E-state index contributed by atoms with van der Waals surface area (Å²) < 4.78 is 27.4. The summed E-state index contributed by atoms with van der Waals surface area (Å²) in [6, 6.07) is 5.50. The molecule has 2 aliphatic rings. The van der Waals surface area contributed by atoms with Gasteiger partial charge in [-0.1, -0.05) is 12.1 Å². The fraction of sp³-hybridized carbons (Fsp3) is 0.611. The number of piperazine rings is 1. The molecule has 0 bridgehead atoms. The Morgan fingerprint density at radius 2 is 1.72 bits per heavy atom. The molecule has 25 heavy (non-hydrogen) atoms. The number of sulfonamides is 1. The Balaban J connectivity index is 1.67. The lowest BCUT2D eigenvalue weighted by molar-refractivity contribution is -0.137. The van der Waals surface area contributed by atoms with Crippen LogP contribution in [0, 0.1) is 19.8 Å². The molecule has 1 aromatic rings. The number of aryl methyl sites for hydroxylation is 2. The zero-order chi connectivity index (χ0) is 18.0. The fourth-order valence-electron chi connectivity index (χ4n) is 3.60. The molecule has 1 N–H and O–H groups in total. The highest BCUT2D eigenvalue weighted by molar-refractivity contribution is 7.89. The molecule has 0 atom stereocenters. The Labute approximate surface area is 150 Å². The lowest BCUT2D eigenvalue weighted by atomic mass is 9.96. The van der Waals surface area contributed by atoms with Gasteiger partial charge in [0.05, 0.1) is 4.90 Å². The minimum atomic E-state index is -3.50. The van der Waals surface area contributed by atoms with Crippen LogP contribution < -0.4 is 5.32 Å². The third kappa shape index (κ3) is 3.88. The van der Waals surface area contributed by atoms with E-state index in [0.717, 1.165) is 37.1 Å². The molecule has 0 unspecified atom stereocenters. The summed E-state index contributed by atoms with van der Waals surface area (Å²) in [6.07, 6.45) is 1.75. The van der Waals surface area contributed by atoms with E-state index in [4.69, 9.17) is 0 Å². The smallest absolute Gasteiger partial charge is 0.243 e. The summed E-state index contributed by atoms with van der Waals surface area (Å²) in [5, 5.41) is 3.27. The molecule has 0 radical (unpaired) electrons. The van der Waals surface area contributed by atoms with E-state index in [1.807, 2.05) is 30.9 Å². The van der Waals surface area contributed by atoms with Gasteiger partial charge < -0.3 is 10.2 Å². The van der Waals surface area contributed by atoms with E-state index in [2.05, 4.69) is 5.32 Å². The van der Waals surface area contributed by atoms with Crippen LogP contribution in [0.25, 0.3) is 0 Å². The Morgan fingerprint density at radius 3 is 2.36 bits per heavy atom. The van der Waals surface area contributed by atoms with Gasteiger partial charge in [0, 0.05) is 32.1 Å². The molecular weight excluding hydrogens is 338 g/mol. The van der Waals surface area contributed by atoms with E-state index in [0.29, 0.717) is 31.1 Å². The van der Waals surface area contributed by atoms with Crippen molar-refractivity contribution < 1.29 is 13.2 Å². The highest BCUT2D eigenvalue weighted by atomic mass is 32.2. The van der Waals surface area contributed by atoms with Crippen LogP contribution in [0.1, 0.15) is 24.0 Å². The largest absolute Gasteiger partial charge is 0.340 e. The quantitative estimate of drug-likeness (QED) is 0.872. The molecule has 7 heteroatoms. The van der Waals surface area contributed by atoms with Crippen LogP contribution in [0.15, 0.2) is 23.1 Å². The van der Waals surface area contributed by atoms with Crippen LogP contribution in [-0.4, -0.2) is 62.8 Å². The van der Waals surface area contributed by atoms with Crippen LogP contribution in [-0.2, 0) is 14.8 Å². The van der Waals surface area contributed by atoms with Gasteiger partial charge >= 0.3 is 0 Å². The van der Waals surface area contributed by atoms with Crippen molar-refractivity contribution in [3.63, 3.8) is 0 Å². The van der Waals surface area contributed by atoms with Crippen molar-refractivity contribution in [2.24, 2.45) is 5.92 Å². The first-order valence-corrected chi connectivity index (χ1v) is 10.4. The molecule has 138 valence electrons. The maximum Gasteiger partial charge on any atom is 0.243 e. The van der Waals surface area contributed by atoms with Gasteiger partial charge in [-0.25, -0.2) is 8.42 Å². The normalized spacial score (nSPS) is 20.6. The van der Waals surface area contributed by atoms with Crippen molar-refractivity contribution in [3.8, 4) is 0 Å². The molecule has 0 aromatic heterocycles. The van der Waals surface area contributed by atoms with Crippen LogP contribution in [0.2, 0.25) is 0 Å². The SMILES string of the molecule is Cc1ccc(C)c(S(=O)(=O)N2CCN(C(=O)C3CCNCC3)CC2)c1. The van der Waals surface area contributed by atoms with Crippen LogP contribution >= 0.6 is 0 Å². The Hall–Kier alpha value is -1.44. The van der Waals surface area contributed by atoms with Crippen molar-refractivity contribution in [2.45, 2.75) is 31.6 Å². The topological polar surface area (TPSA) is 69.7 Å². The number of hydrogen-bond donors (Lipinski definition) is 1. The number of rotatable bonds is 3. The lowest BCUT2D eigenvalue weighted by Crippen LogP contribution is -2.52. The maximum atomic E-state index is 13.0. The third-order valence-corrected chi connectivity index (χ3v) is 7.24. The van der Waals surface area contributed by atoms with Crippen molar-refractivity contribution >= 4 is 15.9 Å². The van der Waals surface area contributed by atoms with Gasteiger partial charge in [0.1, 0.15) is 0 Å². The van der Waals surface area contributed by atoms with E-state index in [1.54, 1.807) is 6.07 Å². The standard InChI is InChI=1S/C18H27N3O3S/c1-14-3-4-15(2)17(13-14)25(23,24)21-11-9-20(10-12-21)18(22)16-5-7-19-8-6-16/h3-4,13,16,19H,5-12H2,1-2H3. The monoisotopic (exact) mass is 365 g/mol. The molecule has 2 fully saturated rings. The fourth-order valence-corrected chi connectivity index (χ4v) is 5.33. The maximum absolute atomic E-state index is 13.0. The molecule has 2 aliphatic heterocycles. The first-order chi connectivity index (χ1) is 11.9. The van der Waals surface area contributed by atoms with Crippen molar-refractivity contribution in [1.82, 2.24) is 14.5 Å². The molecule has 0 spiro atoms. The number of amides is 1. The van der Waals surface area contributed by atoms with Gasteiger partial charge in [0.2, 0.25) is 15.9 Å². The molecule has 1 amide bonds. The third-order valence-electron chi connectivity index (χ3n) is 5.20. The molecule has 0 aliphatic carbocycles. The molecule has 1 aromatic carbocycles. The van der Waals surface area contributed by atoms with Crippen LogP contribution in [0.5, 0.6) is 0 Å². The zero-order valence-corrected chi connectivity index (χ0v) is 15.8. The summed E-state index contributed by atoms with van der Waals surface area (Å²) >= 11 is 0. The number of piperidine rings is 1. The van der Waals surface area contributed by atoms with E-state index < -0.39 is 10.0 Å². The minimum Gasteiger partial charge on any atom is -0.340 e. The molecule has 2 heterocycles. The van der Waals surface area contributed by atoms with E-state index in [-0.39, 0.29) is 11.8 Å². The molecule has 2 saturated heterocycles. The first kappa shape index (κ1) is 18.4. The van der Waals surface area contributed by atoms with E-state index in [1.165, 1.54) is 4.31 Å². The minimum absolute atomic E-state index is 0.0865. The predicted molar refractivity (Wildman–Crippen MR) is 96.8 cm³/mol. The molecule has 3 rings (SSSR count). The van der Waals surface area contributed by atoms with Crippen molar-refractivity contribution in [3.05, 3.63) is 29.3 Å². The van der Waals surface area contributed by atoms with Crippen molar-refractivity contribution in [2.75, 3.05) is 39.3 Å². The Bertz CT molecular complexity index is 734. The second kappa shape index (κ2) is 7.43. The van der Waals surface area contributed by atoms with Crippen LogP contribution in [0.4, 0.5) is 0 Å². The molecular formula is C18H27N3O3S. The Morgan fingerprint density at radius 1 is 1.08 bits per heavy atom. The van der Waals surface area contributed by atoms with E-state index in [9.17, 15) is 13.2 Å². The van der Waals surface area contributed by atoms with Gasteiger partial charge in [0.25, 0.3) is 0 Å². The molecule has 6 nitrogen and oxygen atoms in total. The second-order valence-electron chi connectivity index (χ2n) is 7.02. The van der Waals surface area contributed by atoms with Gasteiger partial charge in [-0.15, -0.1) is 0 Å². The second-order valence-corrected chi connectivity index (χ2v) is 8.93. The van der Waals surface area contributed by atoms with Gasteiger partial charge in [-0.2, -0.15) is 4.31 Å². The lowest BCUT2D eigenvalue weighted by Gasteiger charge is -2.36. The highest BCUT2D eigenvalue weighted by Crippen LogP contribution is 2.23. The first-order valence-electron chi connectivity index (χ1n) is 8.96. The summed E-state index contributed by atoms with van der Waals surface area (Å²) in [4.78, 5) is 14.8.